The summed E-state index contributed by atoms with van der Waals surface area (Å²) in [6, 6.07) is 7.30. The van der Waals surface area contributed by atoms with Crippen LogP contribution in [0.2, 0.25) is 0 Å². The minimum atomic E-state index is -0.429. The summed E-state index contributed by atoms with van der Waals surface area (Å²) in [6.07, 6.45) is 2.43. The zero-order valence-electron chi connectivity index (χ0n) is 11.0. The summed E-state index contributed by atoms with van der Waals surface area (Å²) >= 11 is 0. The lowest BCUT2D eigenvalue weighted by Gasteiger charge is -2.36. The molecule has 1 aromatic carbocycles. The Morgan fingerprint density at radius 3 is 2.89 bits per heavy atom. The van der Waals surface area contributed by atoms with Crippen LogP contribution in [0.1, 0.15) is 37.8 Å². The van der Waals surface area contributed by atoms with Crippen molar-refractivity contribution in [1.82, 2.24) is 4.90 Å². The van der Waals surface area contributed by atoms with Gasteiger partial charge in [0, 0.05) is 12.6 Å². The van der Waals surface area contributed by atoms with Crippen LogP contribution in [0.4, 0.5) is 4.39 Å². The lowest BCUT2D eigenvalue weighted by Crippen LogP contribution is -2.39. The number of benzene rings is 1. The molecule has 1 aromatic rings. The molecule has 2 unspecified atom stereocenters. The summed E-state index contributed by atoms with van der Waals surface area (Å²) in [5.41, 5.74) is 1.17. The quantitative estimate of drug-likeness (QED) is 0.800. The maximum absolute atomic E-state index is 13.2. The van der Waals surface area contributed by atoms with Crippen LogP contribution in [0.15, 0.2) is 18.2 Å². The number of rotatable bonds is 2. The zero-order valence-corrected chi connectivity index (χ0v) is 11.0. The number of piperidine rings is 1. The van der Waals surface area contributed by atoms with Gasteiger partial charge in [-0.05, 0) is 49.9 Å². The van der Waals surface area contributed by atoms with E-state index in [9.17, 15) is 4.39 Å². The maximum Gasteiger partial charge on any atom is 0.140 e. The highest BCUT2D eigenvalue weighted by atomic mass is 19.1. The molecule has 0 aromatic heterocycles. The van der Waals surface area contributed by atoms with Crippen molar-refractivity contribution in [2.75, 3.05) is 6.54 Å². The molecule has 1 saturated heterocycles. The normalized spacial score (nSPS) is 24.8. The van der Waals surface area contributed by atoms with E-state index >= 15 is 0 Å². The number of hydrogen-bond donors (Lipinski definition) is 0. The molecule has 1 heterocycles. The molecule has 2 atom stereocenters. The molecule has 0 bridgehead atoms. The molecular formula is C15H19FN2. The fourth-order valence-corrected chi connectivity index (χ4v) is 2.68. The van der Waals surface area contributed by atoms with Crippen molar-refractivity contribution in [3.8, 4) is 6.07 Å². The summed E-state index contributed by atoms with van der Waals surface area (Å²) < 4.78 is 13.2. The van der Waals surface area contributed by atoms with Gasteiger partial charge in [0.15, 0.2) is 0 Å². The first kappa shape index (κ1) is 13.0. The Kier molecular flexibility index (Phi) is 3.98. The van der Waals surface area contributed by atoms with E-state index in [1.165, 1.54) is 18.9 Å². The predicted octanol–water partition coefficient (Wildman–Crippen LogP) is 3.32. The minimum absolute atomic E-state index is 0.144. The standard InChI is InChI=1S/C15H19FN2/c1-11-5-6-18(12(2)7-11)10-13-3-4-15(16)14(8-13)9-17/h3-4,8,11-12H,5-7,10H2,1-2H3. The molecule has 1 aliphatic rings. The molecule has 18 heavy (non-hydrogen) atoms. The molecule has 96 valence electrons. The molecule has 3 heteroatoms. The van der Waals surface area contributed by atoms with Crippen molar-refractivity contribution < 1.29 is 4.39 Å². The maximum atomic E-state index is 13.2. The second kappa shape index (κ2) is 5.49. The van der Waals surface area contributed by atoms with E-state index in [4.69, 9.17) is 5.26 Å². The van der Waals surface area contributed by atoms with E-state index in [2.05, 4.69) is 18.7 Å². The molecule has 1 fully saturated rings. The Morgan fingerprint density at radius 2 is 2.22 bits per heavy atom. The van der Waals surface area contributed by atoms with Gasteiger partial charge < -0.3 is 0 Å². The van der Waals surface area contributed by atoms with Gasteiger partial charge in [-0.2, -0.15) is 5.26 Å². The first-order valence-corrected chi connectivity index (χ1v) is 6.52. The van der Waals surface area contributed by atoms with Gasteiger partial charge in [-0.3, -0.25) is 4.90 Å². The fourth-order valence-electron chi connectivity index (χ4n) is 2.68. The van der Waals surface area contributed by atoms with Crippen molar-refractivity contribution >= 4 is 0 Å². The van der Waals surface area contributed by atoms with E-state index in [0.717, 1.165) is 24.6 Å². The molecular weight excluding hydrogens is 227 g/mol. The topological polar surface area (TPSA) is 27.0 Å². The molecule has 2 nitrogen and oxygen atoms in total. The number of nitriles is 1. The summed E-state index contributed by atoms with van der Waals surface area (Å²) in [5.74, 6) is 0.362. The fraction of sp³-hybridized carbons (Fsp3) is 0.533. The van der Waals surface area contributed by atoms with Gasteiger partial charge in [0.25, 0.3) is 0 Å². The van der Waals surface area contributed by atoms with Gasteiger partial charge in [-0.15, -0.1) is 0 Å². The third-order valence-corrected chi connectivity index (χ3v) is 3.81. The van der Waals surface area contributed by atoms with Crippen molar-refractivity contribution in [3.05, 3.63) is 35.1 Å². The average molecular weight is 246 g/mol. The van der Waals surface area contributed by atoms with E-state index < -0.39 is 5.82 Å². The molecule has 0 spiro atoms. The predicted molar refractivity (Wildman–Crippen MR) is 69.4 cm³/mol. The van der Waals surface area contributed by atoms with Gasteiger partial charge in [-0.25, -0.2) is 4.39 Å². The summed E-state index contributed by atoms with van der Waals surface area (Å²) in [4.78, 5) is 2.41. The highest BCUT2D eigenvalue weighted by molar-refractivity contribution is 5.34. The van der Waals surface area contributed by atoms with Crippen molar-refractivity contribution in [3.63, 3.8) is 0 Å². The summed E-state index contributed by atoms with van der Waals surface area (Å²) in [7, 11) is 0. The number of hydrogen-bond acceptors (Lipinski definition) is 2. The smallest absolute Gasteiger partial charge is 0.140 e. The lowest BCUT2D eigenvalue weighted by atomic mass is 9.93. The highest BCUT2D eigenvalue weighted by Gasteiger charge is 2.22. The van der Waals surface area contributed by atoms with Crippen LogP contribution < -0.4 is 0 Å². The van der Waals surface area contributed by atoms with Crippen LogP contribution in [0.3, 0.4) is 0 Å². The van der Waals surface area contributed by atoms with Gasteiger partial charge in [-0.1, -0.05) is 13.0 Å². The van der Waals surface area contributed by atoms with Gasteiger partial charge in [0.1, 0.15) is 11.9 Å². The molecule has 1 aliphatic heterocycles. The van der Waals surface area contributed by atoms with Crippen molar-refractivity contribution in [2.45, 2.75) is 39.3 Å². The monoisotopic (exact) mass is 246 g/mol. The Hall–Kier alpha value is -1.40. The average Bonchev–Trinajstić information content (AvgIpc) is 2.35. The number of likely N-dealkylation sites (tertiary alicyclic amines) is 1. The second-order valence-electron chi connectivity index (χ2n) is 5.38. The number of nitrogens with zero attached hydrogens (tertiary/aromatic N) is 2. The van der Waals surface area contributed by atoms with E-state index in [1.54, 1.807) is 12.1 Å². The second-order valence-corrected chi connectivity index (χ2v) is 5.38. The Labute approximate surface area is 108 Å². The van der Waals surface area contributed by atoms with Gasteiger partial charge in [0.05, 0.1) is 5.56 Å². The van der Waals surface area contributed by atoms with E-state index in [1.807, 2.05) is 6.07 Å². The molecule has 0 amide bonds. The summed E-state index contributed by atoms with van der Waals surface area (Å²) in [6.45, 7) is 6.42. The van der Waals surface area contributed by atoms with E-state index in [0.29, 0.717) is 6.04 Å². The zero-order chi connectivity index (χ0) is 13.1. The minimum Gasteiger partial charge on any atom is -0.296 e. The third-order valence-electron chi connectivity index (χ3n) is 3.81. The van der Waals surface area contributed by atoms with Crippen LogP contribution >= 0.6 is 0 Å². The summed E-state index contributed by atoms with van der Waals surface area (Å²) in [5, 5.41) is 8.83. The third kappa shape index (κ3) is 2.88. The SMILES string of the molecule is CC1CCN(Cc2ccc(F)c(C#N)c2)C(C)C1. The van der Waals surface area contributed by atoms with E-state index in [-0.39, 0.29) is 5.56 Å². The van der Waals surface area contributed by atoms with Crippen LogP contribution in [0, 0.1) is 23.1 Å². The van der Waals surface area contributed by atoms with Gasteiger partial charge >= 0.3 is 0 Å². The number of halogens is 1. The molecule has 0 radical (unpaired) electrons. The molecule has 0 saturated carbocycles. The van der Waals surface area contributed by atoms with Crippen LogP contribution in [0.25, 0.3) is 0 Å². The molecule has 2 rings (SSSR count). The van der Waals surface area contributed by atoms with Crippen LogP contribution in [-0.4, -0.2) is 17.5 Å². The Bertz CT molecular complexity index is 464. The molecule has 0 N–H and O–H groups in total. The van der Waals surface area contributed by atoms with Crippen molar-refractivity contribution in [2.24, 2.45) is 5.92 Å². The Morgan fingerprint density at radius 1 is 1.44 bits per heavy atom. The lowest BCUT2D eigenvalue weighted by molar-refractivity contribution is 0.122. The van der Waals surface area contributed by atoms with Crippen molar-refractivity contribution in [1.29, 1.82) is 5.26 Å². The van der Waals surface area contributed by atoms with Crippen LogP contribution in [-0.2, 0) is 6.54 Å². The van der Waals surface area contributed by atoms with Gasteiger partial charge in [0.2, 0.25) is 0 Å². The van der Waals surface area contributed by atoms with Crippen LogP contribution in [0.5, 0.6) is 0 Å². The molecule has 0 aliphatic carbocycles. The first-order chi connectivity index (χ1) is 8.60. The Balaban J connectivity index is 2.08. The highest BCUT2D eigenvalue weighted by Crippen LogP contribution is 2.24. The largest absolute Gasteiger partial charge is 0.296 e. The first-order valence-electron chi connectivity index (χ1n) is 6.52.